The Hall–Kier alpha value is -1.36. The van der Waals surface area contributed by atoms with Crippen molar-refractivity contribution in [3.63, 3.8) is 0 Å². The molecule has 1 amide bonds. The normalized spacial score (nSPS) is 24.2. The Morgan fingerprint density at radius 1 is 1.50 bits per heavy atom. The Kier molecular flexibility index (Phi) is 4.81. The monoisotopic (exact) mass is 278 g/mol. The van der Waals surface area contributed by atoms with Gasteiger partial charge in [-0.3, -0.25) is 4.79 Å². The van der Waals surface area contributed by atoms with E-state index in [4.69, 9.17) is 5.73 Å². The van der Waals surface area contributed by atoms with Gasteiger partial charge in [-0.15, -0.1) is 0 Å². The van der Waals surface area contributed by atoms with Crippen LogP contribution < -0.4 is 5.73 Å². The summed E-state index contributed by atoms with van der Waals surface area (Å²) in [6, 6.07) is -0.0583. The molecule has 2 rings (SSSR count). The third kappa shape index (κ3) is 3.03. The largest absolute Gasteiger partial charge is 0.333 e. The Balaban J connectivity index is 2.38. The number of nitrogens with two attached hydrogens (primary N) is 1. The number of aryl methyl sites for hydroxylation is 1. The van der Waals surface area contributed by atoms with Gasteiger partial charge in [0.25, 0.3) is 0 Å². The van der Waals surface area contributed by atoms with Gasteiger partial charge in [0.2, 0.25) is 5.91 Å². The quantitative estimate of drug-likeness (QED) is 0.915. The first-order valence-electron chi connectivity index (χ1n) is 7.59. The van der Waals surface area contributed by atoms with Gasteiger partial charge in [0, 0.05) is 25.6 Å². The number of carbonyl (C=O) groups excluding carboxylic acids is 1. The van der Waals surface area contributed by atoms with E-state index in [2.05, 4.69) is 30.3 Å². The van der Waals surface area contributed by atoms with Crippen LogP contribution in [0.3, 0.4) is 0 Å². The molecule has 2 N–H and O–H groups in total. The molecule has 1 aliphatic rings. The lowest BCUT2D eigenvalue weighted by Gasteiger charge is -2.35. The molecule has 1 saturated heterocycles. The number of likely N-dealkylation sites (tertiary alicyclic amines) is 1. The number of carbonyl (C=O) groups is 1. The molecule has 20 heavy (non-hydrogen) atoms. The van der Waals surface area contributed by atoms with E-state index in [9.17, 15) is 4.79 Å². The molecule has 0 aromatic carbocycles. The fourth-order valence-electron chi connectivity index (χ4n) is 3.01. The van der Waals surface area contributed by atoms with Gasteiger partial charge in [-0.1, -0.05) is 13.8 Å². The maximum Gasteiger partial charge on any atom is 0.223 e. The molecule has 1 fully saturated rings. The topological polar surface area (TPSA) is 64.2 Å². The van der Waals surface area contributed by atoms with Crippen LogP contribution in [0.4, 0.5) is 0 Å². The van der Waals surface area contributed by atoms with Crippen LogP contribution in [0.25, 0.3) is 0 Å². The summed E-state index contributed by atoms with van der Waals surface area (Å²) in [5, 5.41) is 0. The zero-order valence-corrected chi connectivity index (χ0v) is 12.7. The summed E-state index contributed by atoms with van der Waals surface area (Å²) in [5.74, 6) is 0.658. The second kappa shape index (κ2) is 6.39. The molecule has 2 atom stereocenters. The highest BCUT2D eigenvalue weighted by Gasteiger charge is 2.34. The van der Waals surface area contributed by atoms with Gasteiger partial charge in [-0.25, -0.2) is 4.98 Å². The van der Waals surface area contributed by atoms with Crippen LogP contribution in [0.15, 0.2) is 12.5 Å². The Labute approximate surface area is 121 Å². The zero-order chi connectivity index (χ0) is 14.7. The van der Waals surface area contributed by atoms with Gasteiger partial charge in [0.15, 0.2) is 0 Å². The van der Waals surface area contributed by atoms with Crippen molar-refractivity contribution in [3.05, 3.63) is 18.2 Å². The number of amides is 1. The van der Waals surface area contributed by atoms with E-state index in [1.165, 1.54) is 0 Å². The van der Waals surface area contributed by atoms with Crippen molar-refractivity contribution in [2.75, 3.05) is 6.54 Å². The summed E-state index contributed by atoms with van der Waals surface area (Å²) in [4.78, 5) is 18.7. The van der Waals surface area contributed by atoms with Crippen LogP contribution in [-0.2, 0) is 11.3 Å². The first-order valence-corrected chi connectivity index (χ1v) is 7.59. The number of aromatic nitrogens is 2. The summed E-state index contributed by atoms with van der Waals surface area (Å²) in [7, 11) is 0. The smallest absolute Gasteiger partial charge is 0.223 e. The fraction of sp³-hybridized carbons (Fsp3) is 0.733. The second-order valence-electron chi connectivity index (χ2n) is 6.05. The van der Waals surface area contributed by atoms with Crippen LogP contribution >= 0.6 is 0 Å². The zero-order valence-electron chi connectivity index (χ0n) is 12.7. The predicted octanol–water partition coefficient (Wildman–Crippen LogP) is 1.94. The molecule has 1 aliphatic heterocycles. The maximum atomic E-state index is 12.4. The summed E-state index contributed by atoms with van der Waals surface area (Å²) in [6.45, 7) is 7.96. The van der Waals surface area contributed by atoms with Crippen molar-refractivity contribution in [3.8, 4) is 0 Å². The molecule has 1 aromatic heterocycles. The Bertz CT molecular complexity index is 454. The van der Waals surface area contributed by atoms with Gasteiger partial charge in [-0.2, -0.15) is 0 Å². The van der Waals surface area contributed by atoms with Crippen LogP contribution in [0.2, 0.25) is 0 Å². The van der Waals surface area contributed by atoms with Crippen molar-refractivity contribution in [2.45, 2.75) is 58.7 Å². The minimum atomic E-state index is -0.0464. The first-order chi connectivity index (χ1) is 9.54. The number of hydrogen-bond acceptors (Lipinski definition) is 3. The summed E-state index contributed by atoms with van der Waals surface area (Å²) >= 11 is 0. The molecule has 0 bridgehead atoms. The second-order valence-corrected chi connectivity index (χ2v) is 6.05. The average Bonchev–Trinajstić information content (AvgIpc) is 2.80. The van der Waals surface area contributed by atoms with Gasteiger partial charge >= 0.3 is 0 Å². The summed E-state index contributed by atoms with van der Waals surface area (Å²) in [6.07, 6.45) is 6.06. The molecule has 0 spiro atoms. The molecular weight excluding hydrogens is 252 g/mol. The molecule has 5 heteroatoms. The lowest BCUT2D eigenvalue weighted by atomic mass is 10.0. The molecule has 1 aromatic rings. The number of imidazole rings is 1. The molecule has 2 heterocycles. The highest BCUT2D eigenvalue weighted by molar-refractivity contribution is 5.77. The van der Waals surface area contributed by atoms with Gasteiger partial charge < -0.3 is 15.2 Å². The minimum absolute atomic E-state index is 0.0119. The van der Waals surface area contributed by atoms with Gasteiger partial charge in [0.1, 0.15) is 0 Å². The highest BCUT2D eigenvalue weighted by atomic mass is 16.2. The lowest BCUT2D eigenvalue weighted by molar-refractivity contribution is -0.134. The maximum absolute atomic E-state index is 12.4. The third-order valence-electron chi connectivity index (χ3n) is 3.94. The SMILES string of the molecule is CCn1cncc1C1C(N)CCCC(=O)N1CC(C)C. The third-order valence-corrected chi connectivity index (χ3v) is 3.94. The number of hydrogen-bond donors (Lipinski definition) is 1. The van der Waals surface area contributed by atoms with E-state index in [1.54, 1.807) is 0 Å². The molecule has 0 radical (unpaired) electrons. The lowest BCUT2D eigenvalue weighted by Crippen LogP contribution is -2.44. The van der Waals surface area contributed by atoms with Crippen LogP contribution in [0, 0.1) is 5.92 Å². The molecular formula is C15H26N4O. The Morgan fingerprint density at radius 3 is 2.90 bits per heavy atom. The molecule has 2 unspecified atom stereocenters. The van der Waals surface area contributed by atoms with Crippen molar-refractivity contribution in [2.24, 2.45) is 11.7 Å². The Morgan fingerprint density at radius 2 is 2.25 bits per heavy atom. The molecule has 0 saturated carbocycles. The highest BCUT2D eigenvalue weighted by Crippen LogP contribution is 2.30. The van der Waals surface area contributed by atoms with E-state index in [1.807, 2.05) is 17.4 Å². The number of nitrogens with zero attached hydrogens (tertiary/aromatic N) is 3. The van der Waals surface area contributed by atoms with Gasteiger partial charge in [0.05, 0.1) is 24.3 Å². The van der Waals surface area contributed by atoms with E-state index < -0.39 is 0 Å². The van der Waals surface area contributed by atoms with E-state index >= 15 is 0 Å². The number of rotatable bonds is 4. The first kappa shape index (κ1) is 15.0. The summed E-state index contributed by atoms with van der Waals surface area (Å²) in [5.41, 5.74) is 7.45. The fourth-order valence-corrected chi connectivity index (χ4v) is 3.01. The van der Waals surface area contributed by atoms with Gasteiger partial charge in [-0.05, 0) is 25.7 Å². The van der Waals surface area contributed by atoms with Crippen molar-refractivity contribution >= 4 is 5.91 Å². The standard InChI is InChI=1S/C15H26N4O/c1-4-18-10-17-8-13(18)15-12(16)6-5-7-14(20)19(15)9-11(2)3/h8,10-12,15H,4-7,9,16H2,1-3H3. The van der Waals surface area contributed by atoms with Crippen LogP contribution in [-0.4, -0.2) is 32.9 Å². The predicted molar refractivity (Wildman–Crippen MR) is 79.0 cm³/mol. The molecule has 112 valence electrons. The summed E-state index contributed by atoms with van der Waals surface area (Å²) < 4.78 is 2.09. The van der Waals surface area contributed by atoms with Crippen molar-refractivity contribution in [1.82, 2.24) is 14.5 Å². The van der Waals surface area contributed by atoms with Crippen molar-refractivity contribution < 1.29 is 4.79 Å². The van der Waals surface area contributed by atoms with E-state index in [-0.39, 0.29) is 18.0 Å². The molecule has 0 aliphatic carbocycles. The van der Waals surface area contributed by atoms with E-state index in [0.717, 1.165) is 31.6 Å². The molecule has 5 nitrogen and oxygen atoms in total. The minimum Gasteiger partial charge on any atom is -0.333 e. The van der Waals surface area contributed by atoms with Crippen LogP contribution in [0.1, 0.15) is 51.8 Å². The van der Waals surface area contributed by atoms with Crippen LogP contribution in [0.5, 0.6) is 0 Å². The van der Waals surface area contributed by atoms with Crippen molar-refractivity contribution in [1.29, 1.82) is 0 Å². The average molecular weight is 278 g/mol. The van der Waals surface area contributed by atoms with E-state index in [0.29, 0.717) is 12.3 Å².